The molecule has 0 spiro atoms. The van der Waals surface area contributed by atoms with Crippen molar-refractivity contribution in [2.24, 2.45) is 5.14 Å². The number of sulfonamides is 1. The summed E-state index contributed by atoms with van der Waals surface area (Å²) in [6, 6.07) is 5.00. The molecular formula is C18H21ClN2O12S. The summed E-state index contributed by atoms with van der Waals surface area (Å²) in [5, 5.41) is 54.4. The average molecular weight is 525 g/mol. The number of nitrogens with one attached hydrogen (secondary N) is 1. The summed E-state index contributed by atoms with van der Waals surface area (Å²) in [4.78, 5) is 32.2. The van der Waals surface area contributed by atoms with E-state index in [1.165, 1.54) is 6.26 Å². The highest BCUT2D eigenvalue weighted by molar-refractivity contribution is 7.89. The van der Waals surface area contributed by atoms with Crippen LogP contribution >= 0.6 is 11.6 Å². The van der Waals surface area contributed by atoms with Crippen LogP contribution in [0.5, 0.6) is 0 Å². The van der Waals surface area contributed by atoms with Crippen LogP contribution in [0.1, 0.15) is 16.1 Å². The van der Waals surface area contributed by atoms with Gasteiger partial charge in [-0.15, -0.1) is 0 Å². The quantitative estimate of drug-likeness (QED) is 0.135. The topological polar surface area (TPSA) is 239 Å². The molecule has 0 aliphatic heterocycles. The molecule has 0 bridgehead atoms. The molecule has 0 aliphatic carbocycles. The van der Waals surface area contributed by atoms with E-state index in [0.29, 0.717) is 5.76 Å². The summed E-state index contributed by atoms with van der Waals surface area (Å²) in [5.41, 5.74) is -0.574. The van der Waals surface area contributed by atoms with Crippen LogP contribution in [0.2, 0.25) is 5.02 Å². The van der Waals surface area contributed by atoms with Gasteiger partial charge in [-0.1, -0.05) is 11.6 Å². The van der Waals surface area contributed by atoms with Crippen LogP contribution in [-0.2, 0) is 31.1 Å². The number of carbonyl (C=O) groups excluding carboxylic acids is 2. The predicted octanol–water partition coefficient (Wildman–Crippen LogP) is -1.76. The predicted molar refractivity (Wildman–Crippen MR) is 111 cm³/mol. The minimum absolute atomic E-state index is 0.0219. The number of hydrogen-bond donors (Lipinski definition) is 7. The van der Waals surface area contributed by atoms with Crippen molar-refractivity contribution >= 4 is 39.3 Å². The van der Waals surface area contributed by atoms with Gasteiger partial charge in [0.2, 0.25) is 10.0 Å². The Balaban J connectivity index is 2.21. The Labute approximate surface area is 197 Å². The first kappa shape index (κ1) is 27.5. The minimum atomic E-state index is -4.38. The van der Waals surface area contributed by atoms with Crippen molar-refractivity contribution in [1.82, 2.24) is 0 Å². The molecule has 0 fully saturated rings. The maximum absolute atomic E-state index is 12.5. The molecule has 0 radical (unpaired) electrons. The first-order valence-corrected chi connectivity index (χ1v) is 11.2. The highest BCUT2D eigenvalue weighted by Gasteiger charge is 2.36. The Morgan fingerprint density at radius 2 is 1.82 bits per heavy atom. The van der Waals surface area contributed by atoms with Gasteiger partial charge in [0.25, 0.3) is 0 Å². The van der Waals surface area contributed by atoms with E-state index >= 15 is 0 Å². The molecule has 0 saturated heterocycles. The van der Waals surface area contributed by atoms with Crippen molar-refractivity contribution in [1.29, 1.82) is 0 Å². The van der Waals surface area contributed by atoms with Gasteiger partial charge < -0.3 is 35.3 Å². The van der Waals surface area contributed by atoms with E-state index in [1.54, 1.807) is 12.1 Å². The fourth-order valence-electron chi connectivity index (χ4n) is 2.52. The Morgan fingerprint density at radius 3 is 2.38 bits per heavy atom. The zero-order valence-corrected chi connectivity index (χ0v) is 18.6. The fraction of sp³-hybridized carbons (Fsp3) is 0.333. The number of benzene rings is 1. The molecule has 4 unspecified atom stereocenters. The molecule has 14 nitrogen and oxygen atoms in total. The highest BCUT2D eigenvalue weighted by Crippen LogP contribution is 2.29. The van der Waals surface area contributed by atoms with Crippen molar-refractivity contribution in [3.63, 3.8) is 0 Å². The number of nitrogens with two attached hydrogens (primary N) is 1. The average Bonchev–Trinajstić information content (AvgIpc) is 3.31. The van der Waals surface area contributed by atoms with Crippen molar-refractivity contribution in [2.75, 3.05) is 11.9 Å². The van der Waals surface area contributed by atoms with Gasteiger partial charge >= 0.3 is 11.9 Å². The van der Waals surface area contributed by atoms with E-state index in [9.17, 15) is 38.4 Å². The van der Waals surface area contributed by atoms with Crippen molar-refractivity contribution < 1.29 is 57.7 Å². The number of anilines is 1. The van der Waals surface area contributed by atoms with Crippen LogP contribution < -0.4 is 10.5 Å². The van der Waals surface area contributed by atoms with Crippen LogP contribution in [0, 0.1) is 0 Å². The van der Waals surface area contributed by atoms with Crippen LogP contribution in [0.25, 0.3) is 0 Å². The normalized spacial score (nSPS) is 15.1. The van der Waals surface area contributed by atoms with Crippen molar-refractivity contribution in [3.05, 3.63) is 46.9 Å². The summed E-state index contributed by atoms with van der Waals surface area (Å²) >= 11 is 5.94. The fourth-order valence-corrected chi connectivity index (χ4v) is 3.62. The van der Waals surface area contributed by atoms with Crippen LogP contribution in [-0.4, -0.2) is 76.9 Å². The summed E-state index contributed by atoms with van der Waals surface area (Å²) < 4.78 is 28.6. The van der Waals surface area contributed by atoms with E-state index in [-0.39, 0.29) is 17.3 Å². The number of carbonyl (C=O) groups is 2. The number of hydrogen-bond acceptors (Lipinski definition) is 13. The molecule has 1 heterocycles. The smallest absolute Gasteiger partial charge is 0.388 e. The number of aliphatic hydroxyl groups excluding tert-OH is 5. The maximum Gasteiger partial charge on any atom is 0.388 e. The van der Waals surface area contributed by atoms with Gasteiger partial charge in [-0.05, 0) is 24.3 Å². The van der Waals surface area contributed by atoms with E-state index in [4.69, 9.17) is 26.3 Å². The van der Waals surface area contributed by atoms with Crippen molar-refractivity contribution in [2.45, 2.75) is 35.9 Å². The zero-order valence-electron chi connectivity index (χ0n) is 17.1. The number of furan rings is 1. The molecule has 1 aromatic heterocycles. The third kappa shape index (κ3) is 6.87. The zero-order chi connectivity index (χ0) is 25.6. The van der Waals surface area contributed by atoms with Gasteiger partial charge in [0, 0.05) is 0 Å². The Morgan fingerprint density at radius 1 is 1.15 bits per heavy atom. The lowest BCUT2D eigenvalue weighted by molar-refractivity contribution is -0.248. The van der Waals surface area contributed by atoms with Crippen LogP contribution in [0.15, 0.2) is 39.8 Å². The molecule has 16 heteroatoms. The molecular weight excluding hydrogens is 504 g/mol. The van der Waals surface area contributed by atoms with Crippen molar-refractivity contribution in [3.8, 4) is 0 Å². The molecule has 2 aromatic rings. The Kier molecular flexibility index (Phi) is 9.37. The van der Waals surface area contributed by atoms with Gasteiger partial charge in [0.1, 0.15) is 29.0 Å². The minimum Gasteiger partial charge on any atom is -0.467 e. The lowest BCUT2D eigenvalue weighted by Crippen LogP contribution is -2.49. The van der Waals surface area contributed by atoms with Gasteiger partial charge in [0.05, 0.1) is 35.7 Å². The van der Waals surface area contributed by atoms with Gasteiger partial charge in [-0.3, -0.25) is 0 Å². The molecule has 34 heavy (non-hydrogen) atoms. The molecule has 2 rings (SSSR count). The van der Waals surface area contributed by atoms with Gasteiger partial charge in [-0.2, -0.15) is 0 Å². The molecule has 8 N–H and O–H groups in total. The van der Waals surface area contributed by atoms with E-state index < -0.39 is 63.4 Å². The number of halogens is 1. The summed E-state index contributed by atoms with van der Waals surface area (Å²) in [7, 11) is -4.38. The second-order valence-electron chi connectivity index (χ2n) is 6.76. The Bertz CT molecular complexity index is 1110. The van der Waals surface area contributed by atoms with E-state index in [1.807, 2.05) is 0 Å². The van der Waals surface area contributed by atoms with E-state index in [2.05, 4.69) is 15.1 Å². The molecule has 4 atom stereocenters. The number of primary sulfonamides is 1. The maximum atomic E-state index is 12.5. The van der Waals surface area contributed by atoms with Crippen LogP contribution in [0.3, 0.4) is 0 Å². The third-order valence-electron chi connectivity index (χ3n) is 4.33. The van der Waals surface area contributed by atoms with Gasteiger partial charge in [-0.25, -0.2) is 32.9 Å². The SMILES string of the molecule is NS(=O)(=O)c1cc(C(=O)OOC(=O)C(O)C(O)C(O)C(O)CO)c(NCc2ccco2)cc1Cl. The summed E-state index contributed by atoms with van der Waals surface area (Å²) in [6.07, 6.45) is -7.46. The standard InChI is InChI=1S/C18H21ClN2O12S/c19-10-5-11(21-6-8-2-1-3-31-8)9(4-13(10)34(20,29)30)17(27)32-33-18(28)16(26)15(25)14(24)12(23)7-22/h1-5,12,14-16,21-26H,6-7H2,(H2,20,29,30). The Hall–Kier alpha value is -2.76. The highest BCUT2D eigenvalue weighted by atomic mass is 35.5. The van der Waals surface area contributed by atoms with Crippen LogP contribution in [0.4, 0.5) is 5.69 Å². The number of rotatable bonds is 10. The molecule has 0 aliphatic rings. The molecule has 0 saturated carbocycles. The monoisotopic (exact) mass is 524 g/mol. The molecule has 0 amide bonds. The largest absolute Gasteiger partial charge is 0.467 e. The molecule has 188 valence electrons. The lowest BCUT2D eigenvalue weighted by atomic mass is 10.0. The third-order valence-corrected chi connectivity index (χ3v) is 5.70. The first-order valence-electron chi connectivity index (χ1n) is 9.25. The summed E-state index contributed by atoms with van der Waals surface area (Å²) in [5.74, 6) is -2.76. The second kappa shape index (κ2) is 11.6. The van der Waals surface area contributed by atoms with E-state index in [0.717, 1.165) is 12.1 Å². The van der Waals surface area contributed by atoms with Gasteiger partial charge in [0.15, 0.2) is 6.10 Å². The summed E-state index contributed by atoms with van der Waals surface area (Å²) in [6.45, 7) is -0.972. The first-order chi connectivity index (χ1) is 15.9. The number of aliphatic hydroxyl groups is 5. The second-order valence-corrected chi connectivity index (χ2v) is 8.69. The lowest BCUT2D eigenvalue weighted by Gasteiger charge is -2.23. The molecule has 1 aromatic carbocycles.